The van der Waals surface area contributed by atoms with Crippen LogP contribution in [0.1, 0.15) is 13.8 Å². The predicted molar refractivity (Wildman–Crippen MR) is 67.5 cm³/mol. The molecular formula is C11H13N3O3S. The molecule has 0 radical (unpaired) electrons. The predicted octanol–water partition coefficient (Wildman–Crippen LogP) is 1.97. The minimum absolute atomic E-state index is 0.396. The maximum absolute atomic E-state index is 10.8. The number of thioether (sulfide) groups is 1. The van der Waals surface area contributed by atoms with Crippen molar-refractivity contribution >= 4 is 28.8 Å². The van der Waals surface area contributed by atoms with E-state index in [9.17, 15) is 4.79 Å². The van der Waals surface area contributed by atoms with E-state index >= 15 is 0 Å². The lowest BCUT2D eigenvalue weighted by molar-refractivity contribution is -0.158. The van der Waals surface area contributed by atoms with Gasteiger partial charge in [-0.25, -0.2) is 4.98 Å². The number of nitrogens with zero attached hydrogens (tertiary/aromatic N) is 2. The summed E-state index contributed by atoms with van der Waals surface area (Å²) in [7, 11) is 0. The average molecular weight is 267 g/mol. The molecular weight excluding hydrogens is 254 g/mol. The maximum Gasteiger partial charge on any atom is 0.305 e. The second-order valence-corrected chi connectivity index (χ2v) is 4.32. The zero-order chi connectivity index (χ0) is 13.1. The lowest BCUT2D eigenvalue weighted by Gasteiger charge is -2.14. The van der Waals surface area contributed by atoms with Crippen molar-refractivity contribution in [2.24, 2.45) is 0 Å². The third-order valence-electron chi connectivity index (χ3n) is 2.15. The van der Waals surface area contributed by atoms with Crippen molar-refractivity contribution in [3.05, 3.63) is 12.3 Å². The van der Waals surface area contributed by atoms with Crippen LogP contribution in [0.2, 0.25) is 0 Å². The number of fused-ring (bicyclic) bond motifs is 1. The van der Waals surface area contributed by atoms with E-state index in [-0.39, 0.29) is 0 Å². The van der Waals surface area contributed by atoms with E-state index in [0.29, 0.717) is 16.7 Å². The number of ether oxygens (including phenoxy) is 2. The molecule has 0 amide bonds. The minimum atomic E-state index is -0.690. The Balaban J connectivity index is 2.30. The molecule has 0 saturated heterocycles. The smallest absolute Gasteiger partial charge is 0.305 e. The van der Waals surface area contributed by atoms with Crippen molar-refractivity contribution < 1.29 is 14.3 Å². The van der Waals surface area contributed by atoms with Gasteiger partial charge < -0.3 is 14.5 Å². The summed E-state index contributed by atoms with van der Waals surface area (Å²) >= 11 is 1.41. The number of H-pyrrole nitrogens is 1. The Morgan fingerprint density at radius 3 is 2.94 bits per heavy atom. The summed E-state index contributed by atoms with van der Waals surface area (Å²) in [6, 6.07) is 1.81. The van der Waals surface area contributed by atoms with Crippen molar-refractivity contribution in [1.29, 1.82) is 0 Å². The van der Waals surface area contributed by atoms with Gasteiger partial charge in [0, 0.05) is 20.0 Å². The van der Waals surface area contributed by atoms with Crippen LogP contribution in [0.15, 0.2) is 17.4 Å². The Morgan fingerprint density at radius 2 is 2.28 bits per heavy atom. The Kier molecular flexibility index (Phi) is 3.71. The normalized spacial score (nSPS) is 12.4. The first-order chi connectivity index (χ1) is 8.60. The second kappa shape index (κ2) is 5.26. The van der Waals surface area contributed by atoms with Gasteiger partial charge in [-0.2, -0.15) is 4.98 Å². The van der Waals surface area contributed by atoms with Gasteiger partial charge in [0.2, 0.25) is 12.2 Å². The minimum Gasteiger partial charge on any atom is -0.437 e. The van der Waals surface area contributed by atoms with Crippen LogP contribution >= 0.6 is 11.8 Å². The molecule has 0 aliphatic heterocycles. The third kappa shape index (κ3) is 2.73. The maximum atomic E-state index is 10.8. The van der Waals surface area contributed by atoms with Gasteiger partial charge in [0.05, 0.1) is 5.39 Å². The fourth-order valence-electron chi connectivity index (χ4n) is 1.49. The van der Waals surface area contributed by atoms with E-state index < -0.39 is 12.3 Å². The molecule has 1 N–H and O–H groups in total. The average Bonchev–Trinajstić information content (AvgIpc) is 2.75. The van der Waals surface area contributed by atoms with Crippen LogP contribution in [0.4, 0.5) is 0 Å². The molecule has 0 fully saturated rings. The molecule has 0 aromatic carbocycles. The Bertz CT molecular complexity index is 570. The van der Waals surface area contributed by atoms with E-state index in [1.807, 2.05) is 12.3 Å². The molecule has 1 atom stereocenters. The lowest BCUT2D eigenvalue weighted by Crippen LogP contribution is -2.19. The zero-order valence-electron chi connectivity index (χ0n) is 10.3. The molecule has 1 unspecified atom stereocenters. The molecule has 0 saturated carbocycles. The number of rotatable bonds is 4. The summed E-state index contributed by atoms with van der Waals surface area (Å²) in [6.45, 7) is 2.97. The van der Waals surface area contributed by atoms with E-state index in [2.05, 4.69) is 15.0 Å². The van der Waals surface area contributed by atoms with E-state index in [1.165, 1.54) is 18.7 Å². The summed E-state index contributed by atoms with van der Waals surface area (Å²) in [6.07, 6.45) is 2.95. The monoisotopic (exact) mass is 267 g/mol. The summed E-state index contributed by atoms with van der Waals surface area (Å²) in [5.74, 6) is 0.00584. The van der Waals surface area contributed by atoms with Crippen molar-refractivity contribution in [2.75, 3.05) is 6.26 Å². The first-order valence-corrected chi connectivity index (χ1v) is 6.55. The molecule has 0 spiro atoms. The number of aromatic nitrogens is 3. The molecule has 0 aliphatic rings. The quantitative estimate of drug-likeness (QED) is 0.395. The Hall–Kier alpha value is -1.76. The highest BCUT2D eigenvalue weighted by Crippen LogP contribution is 2.25. The van der Waals surface area contributed by atoms with Gasteiger partial charge in [0.1, 0.15) is 5.65 Å². The molecule has 2 aromatic heterocycles. The fraction of sp³-hybridized carbons (Fsp3) is 0.364. The van der Waals surface area contributed by atoms with E-state index in [1.54, 1.807) is 13.1 Å². The van der Waals surface area contributed by atoms with Crippen molar-refractivity contribution in [3.8, 4) is 5.88 Å². The molecule has 2 aromatic rings. The molecule has 2 heterocycles. The SMILES string of the molecule is CSc1nc(OC(C)OC(C)=O)c2cc[nH]c2n1. The molecule has 0 bridgehead atoms. The number of hydrogen-bond acceptors (Lipinski definition) is 6. The zero-order valence-corrected chi connectivity index (χ0v) is 11.1. The number of carbonyl (C=O) groups excluding carboxylic acids is 1. The number of hydrogen-bond donors (Lipinski definition) is 1. The largest absolute Gasteiger partial charge is 0.437 e. The summed E-state index contributed by atoms with van der Waals surface area (Å²) in [5, 5.41) is 1.35. The highest BCUT2D eigenvalue weighted by molar-refractivity contribution is 7.98. The van der Waals surface area contributed by atoms with Gasteiger partial charge in [0.25, 0.3) is 0 Å². The van der Waals surface area contributed by atoms with Crippen molar-refractivity contribution in [3.63, 3.8) is 0 Å². The van der Waals surface area contributed by atoms with Gasteiger partial charge in [-0.05, 0) is 12.3 Å². The first-order valence-electron chi connectivity index (χ1n) is 5.33. The van der Waals surface area contributed by atoms with Crippen LogP contribution in [0.5, 0.6) is 5.88 Å². The Morgan fingerprint density at radius 1 is 1.50 bits per heavy atom. The highest BCUT2D eigenvalue weighted by atomic mass is 32.2. The van der Waals surface area contributed by atoms with E-state index in [4.69, 9.17) is 9.47 Å². The molecule has 6 nitrogen and oxygen atoms in total. The first kappa shape index (κ1) is 12.7. The van der Waals surface area contributed by atoms with Gasteiger partial charge in [0.15, 0.2) is 5.16 Å². The lowest BCUT2D eigenvalue weighted by atomic mass is 10.4. The summed E-state index contributed by atoms with van der Waals surface area (Å²) < 4.78 is 10.4. The fourth-order valence-corrected chi connectivity index (χ4v) is 1.85. The molecule has 0 aliphatic carbocycles. The molecule has 96 valence electrons. The topological polar surface area (TPSA) is 77.1 Å². The van der Waals surface area contributed by atoms with Gasteiger partial charge in [-0.1, -0.05) is 11.8 Å². The van der Waals surface area contributed by atoms with Crippen LogP contribution in [0.3, 0.4) is 0 Å². The van der Waals surface area contributed by atoms with Crippen LogP contribution in [-0.4, -0.2) is 33.5 Å². The summed E-state index contributed by atoms with van der Waals surface area (Å²) in [5.41, 5.74) is 0.694. The Labute approximate surface area is 108 Å². The van der Waals surface area contributed by atoms with Crippen LogP contribution in [0.25, 0.3) is 11.0 Å². The highest BCUT2D eigenvalue weighted by Gasteiger charge is 2.14. The van der Waals surface area contributed by atoms with E-state index in [0.717, 1.165) is 5.39 Å². The van der Waals surface area contributed by atoms with Crippen molar-refractivity contribution in [1.82, 2.24) is 15.0 Å². The molecule has 18 heavy (non-hydrogen) atoms. The third-order valence-corrected chi connectivity index (χ3v) is 2.70. The van der Waals surface area contributed by atoms with Crippen LogP contribution < -0.4 is 4.74 Å². The molecule has 7 heteroatoms. The number of esters is 1. The summed E-state index contributed by atoms with van der Waals surface area (Å²) in [4.78, 5) is 22.4. The molecule has 2 rings (SSSR count). The van der Waals surface area contributed by atoms with Crippen molar-refractivity contribution in [2.45, 2.75) is 25.3 Å². The second-order valence-electron chi connectivity index (χ2n) is 3.55. The van der Waals surface area contributed by atoms with Crippen LogP contribution in [-0.2, 0) is 9.53 Å². The van der Waals surface area contributed by atoms with Gasteiger partial charge in [-0.15, -0.1) is 0 Å². The number of carbonyl (C=O) groups is 1. The van der Waals surface area contributed by atoms with Gasteiger partial charge >= 0.3 is 5.97 Å². The van der Waals surface area contributed by atoms with Crippen LogP contribution in [0, 0.1) is 0 Å². The number of nitrogens with one attached hydrogen (secondary N) is 1. The number of aromatic amines is 1. The standard InChI is InChI=1S/C11H13N3O3S/c1-6(15)16-7(2)17-10-8-4-5-12-9(8)13-11(14-10)18-3/h4-5,7H,1-3H3,(H,12,13,14). The van der Waals surface area contributed by atoms with Gasteiger partial charge in [-0.3, -0.25) is 4.79 Å².